The summed E-state index contributed by atoms with van der Waals surface area (Å²) in [5, 5.41) is 8.89. The number of anilines is 1. The van der Waals surface area contributed by atoms with Crippen LogP contribution in [-0.2, 0) is 4.79 Å². The molecule has 0 radical (unpaired) electrons. The Morgan fingerprint density at radius 1 is 1.26 bits per heavy atom. The summed E-state index contributed by atoms with van der Waals surface area (Å²) in [4.78, 5) is 29.3. The number of aromatic carboxylic acids is 1. The molecule has 0 aliphatic carbocycles. The van der Waals surface area contributed by atoms with Gasteiger partial charge in [-0.15, -0.1) is 0 Å². The molecular formula is C16H10N2O3S2. The largest absolute Gasteiger partial charge is 0.478 e. The molecule has 2 heterocycles. The molecule has 7 heteroatoms. The average Bonchev–Trinajstić information content (AvgIpc) is 2.82. The van der Waals surface area contributed by atoms with Crippen molar-refractivity contribution >= 4 is 51.9 Å². The quantitative estimate of drug-likeness (QED) is 0.682. The Hall–Kier alpha value is -2.51. The maximum absolute atomic E-state index is 12.5. The van der Waals surface area contributed by atoms with E-state index in [1.165, 1.54) is 28.8 Å². The molecule has 1 aromatic heterocycles. The number of aromatic nitrogens is 1. The van der Waals surface area contributed by atoms with Crippen LogP contribution in [0.5, 0.6) is 0 Å². The molecule has 5 nitrogen and oxygen atoms in total. The van der Waals surface area contributed by atoms with Gasteiger partial charge in [-0.1, -0.05) is 36.1 Å². The number of thioether (sulfide) groups is 1. The summed E-state index contributed by atoms with van der Waals surface area (Å²) in [5.41, 5.74) is 1.56. The summed E-state index contributed by atoms with van der Waals surface area (Å²) in [6.07, 6.45) is 4.90. The highest BCUT2D eigenvalue weighted by Gasteiger charge is 2.33. The highest BCUT2D eigenvalue weighted by atomic mass is 32.2. The number of pyridine rings is 1. The Morgan fingerprint density at radius 3 is 2.61 bits per heavy atom. The molecule has 1 amide bonds. The van der Waals surface area contributed by atoms with Crippen molar-refractivity contribution in [3.05, 3.63) is 64.8 Å². The first kappa shape index (κ1) is 15.4. The normalized spacial score (nSPS) is 16.2. The molecule has 0 saturated carbocycles. The van der Waals surface area contributed by atoms with E-state index in [1.807, 2.05) is 0 Å². The topological polar surface area (TPSA) is 70.5 Å². The van der Waals surface area contributed by atoms with Crippen LogP contribution in [0.15, 0.2) is 53.7 Å². The molecule has 114 valence electrons. The lowest BCUT2D eigenvalue weighted by molar-refractivity contribution is -0.113. The summed E-state index contributed by atoms with van der Waals surface area (Å²) in [7, 11) is 0. The minimum absolute atomic E-state index is 0.199. The molecule has 1 aliphatic heterocycles. The van der Waals surface area contributed by atoms with E-state index in [2.05, 4.69) is 4.98 Å². The molecule has 0 spiro atoms. The molecule has 3 rings (SSSR count). The van der Waals surface area contributed by atoms with Crippen molar-refractivity contribution < 1.29 is 14.7 Å². The lowest BCUT2D eigenvalue weighted by atomic mass is 10.1. The number of carbonyl (C=O) groups is 2. The van der Waals surface area contributed by atoms with Crippen molar-refractivity contribution in [2.75, 3.05) is 4.90 Å². The van der Waals surface area contributed by atoms with Crippen LogP contribution in [0, 0.1) is 0 Å². The summed E-state index contributed by atoms with van der Waals surface area (Å²) >= 11 is 6.48. The van der Waals surface area contributed by atoms with Crippen LogP contribution >= 0.6 is 24.0 Å². The van der Waals surface area contributed by atoms with E-state index in [0.717, 1.165) is 5.56 Å². The number of amides is 1. The van der Waals surface area contributed by atoms with Crippen molar-refractivity contribution in [2.45, 2.75) is 0 Å². The standard InChI is InChI=1S/C16H10N2O3S2/c19-14-13(8-10-3-5-11(6-4-10)15(20)21)23-16(22)18(14)12-2-1-7-17-9-12/h1-9H,(H,20,21)/b13-8+. The summed E-state index contributed by atoms with van der Waals surface area (Å²) < 4.78 is 0.441. The lowest BCUT2D eigenvalue weighted by Gasteiger charge is -2.13. The van der Waals surface area contributed by atoms with E-state index in [-0.39, 0.29) is 11.5 Å². The number of rotatable bonds is 3. The van der Waals surface area contributed by atoms with Gasteiger partial charge in [-0.25, -0.2) is 4.79 Å². The van der Waals surface area contributed by atoms with Crippen LogP contribution in [0.25, 0.3) is 6.08 Å². The number of thiocarbonyl (C=S) groups is 1. The van der Waals surface area contributed by atoms with Gasteiger partial charge < -0.3 is 5.11 Å². The van der Waals surface area contributed by atoms with Crippen molar-refractivity contribution in [2.24, 2.45) is 0 Å². The second kappa shape index (κ2) is 6.31. The van der Waals surface area contributed by atoms with Gasteiger partial charge in [-0.3, -0.25) is 14.7 Å². The van der Waals surface area contributed by atoms with Crippen LogP contribution in [-0.4, -0.2) is 26.3 Å². The summed E-state index contributed by atoms with van der Waals surface area (Å²) in [6.45, 7) is 0. The SMILES string of the molecule is O=C(O)c1ccc(/C=C2/SC(=S)N(c3cccnc3)C2=O)cc1. The zero-order valence-corrected chi connectivity index (χ0v) is 13.3. The van der Waals surface area contributed by atoms with E-state index in [0.29, 0.717) is 14.9 Å². The third-order valence-corrected chi connectivity index (χ3v) is 4.46. The van der Waals surface area contributed by atoms with Crippen molar-refractivity contribution in [1.29, 1.82) is 0 Å². The molecule has 1 aromatic carbocycles. The zero-order valence-electron chi connectivity index (χ0n) is 11.7. The molecule has 2 aromatic rings. The summed E-state index contributed by atoms with van der Waals surface area (Å²) in [5.74, 6) is -1.20. The van der Waals surface area contributed by atoms with E-state index in [9.17, 15) is 9.59 Å². The van der Waals surface area contributed by atoms with E-state index in [4.69, 9.17) is 17.3 Å². The van der Waals surface area contributed by atoms with Crippen molar-refractivity contribution in [1.82, 2.24) is 4.98 Å². The molecule has 0 bridgehead atoms. The van der Waals surface area contributed by atoms with Crippen LogP contribution in [0.1, 0.15) is 15.9 Å². The molecule has 0 unspecified atom stereocenters. The van der Waals surface area contributed by atoms with Crippen LogP contribution in [0.2, 0.25) is 0 Å². The van der Waals surface area contributed by atoms with Gasteiger partial charge in [-0.05, 0) is 35.9 Å². The first-order valence-electron chi connectivity index (χ1n) is 6.57. The Morgan fingerprint density at radius 2 is 2.00 bits per heavy atom. The number of nitrogens with zero attached hydrogens (tertiary/aromatic N) is 2. The average molecular weight is 342 g/mol. The number of hydrogen-bond acceptors (Lipinski definition) is 5. The Balaban J connectivity index is 1.88. The predicted molar refractivity (Wildman–Crippen MR) is 93.3 cm³/mol. The third kappa shape index (κ3) is 3.15. The number of carbonyl (C=O) groups excluding carboxylic acids is 1. The monoisotopic (exact) mass is 342 g/mol. The lowest BCUT2D eigenvalue weighted by Crippen LogP contribution is -2.27. The van der Waals surface area contributed by atoms with Gasteiger partial charge in [0.05, 0.1) is 22.4 Å². The first-order chi connectivity index (χ1) is 11.1. The Bertz CT molecular complexity index is 817. The van der Waals surface area contributed by atoms with Gasteiger partial charge in [0.25, 0.3) is 5.91 Å². The van der Waals surface area contributed by atoms with Gasteiger partial charge in [0.15, 0.2) is 4.32 Å². The molecule has 1 fully saturated rings. The van der Waals surface area contributed by atoms with Crippen molar-refractivity contribution in [3.8, 4) is 0 Å². The molecular weight excluding hydrogens is 332 g/mol. The van der Waals surface area contributed by atoms with Crippen LogP contribution < -0.4 is 4.90 Å². The fourth-order valence-electron chi connectivity index (χ4n) is 2.05. The third-order valence-electron chi connectivity index (χ3n) is 3.15. The van der Waals surface area contributed by atoms with E-state index >= 15 is 0 Å². The smallest absolute Gasteiger partial charge is 0.335 e. The Kier molecular flexibility index (Phi) is 4.22. The van der Waals surface area contributed by atoms with Gasteiger partial charge in [0.1, 0.15) is 0 Å². The Labute approximate surface area is 141 Å². The minimum Gasteiger partial charge on any atom is -0.478 e. The molecule has 1 saturated heterocycles. The zero-order chi connectivity index (χ0) is 16.4. The number of carboxylic acid groups (broad SMARTS) is 1. The van der Waals surface area contributed by atoms with Crippen LogP contribution in [0.4, 0.5) is 5.69 Å². The molecule has 23 heavy (non-hydrogen) atoms. The fourth-order valence-corrected chi connectivity index (χ4v) is 3.35. The van der Waals surface area contributed by atoms with Crippen molar-refractivity contribution in [3.63, 3.8) is 0 Å². The van der Waals surface area contributed by atoms with Gasteiger partial charge >= 0.3 is 5.97 Å². The second-order valence-corrected chi connectivity index (χ2v) is 6.33. The highest BCUT2D eigenvalue weighted by molar-refractivity contribution is 8.27. The van der Waals surface area contributed by atoms with Crippen LogP contribution in [0.3, 0.4) is 0 Å². The maximum atomic E-state index is 12.5. The van der Waals surface area contributed by atoms with Gasteiger partial charge in [0, 0.05) is 6.20 Å². The number of hydrogen-bond donors (Lipinski definition) is 1. The minimum atomic E-state index is -0.987. The van der Waals surface area contributed by atoms with Gasteiger partial charge in [0.2, 0.25) is 0 Å². The first-order valence-corrected chi connectivity index (χ1v) is 7.80. The highest BCUT2D eigenvalue weighted by Crippen LogP contribution is 2.35. The number of carboxylic acids is 1. The molecule has 1 aliphatic rings. The summed E-state index contributed by atoms with van der Waals surface area (Å²) in [6, 6.07) is 9.80. The fraction of sp³-hybridized carbons (Fsp3) is 0. The maximum Gasteiger partial charge on any atom is 0.335 e. The van der Waals surface area contributed by atoms with E-state index < -0.39 is 5.97 Å². The second-order valence-electron chi connectivity index (χ2n) is 4.66. The number of benzene rings is 1. The molecule has 0 atom stereocenters. The predicted octanol–water partition coefficient (Wildman–Crippen LogP) is 3.19. The van der Waals surface area contributed by atoms with E-state index in [1.54, 1.807) is 42.7 Å². The van der Waals surface area contributed by atoms with Gasteiger partial charge in [-0.2, -0.15) is 0 Å². The molecule has 1 N–H and O–H groups in total.